The molecule has 0 radical (unpaired) electrons. The number of nitrogens with two attached hydrogens (primary N) is 1. The Bertz CT molecular complexity index is 361. The Balaban J connectivity index is 2.84. The van der Waals surface area contributed by atoms with Gasteiger partial charge in [0.1, 0.15) is 0 Å². The molecule has 5 heteroatoms. The molecule has 0 aromatic heterocycles. The summed E-state index contributed by atoms with van der Waals surface area (Å²) in [6, 6.07) is 4.52. The second kappa shape index (κ2) is 6.20. The molecule has 0 aliphatic heterocycles. The number of ether oxygens (including phenoxy) is 1. The van der Waals surface area contributed by atoms with Gasteiger partial charge < -0.3 is 10.5 Å². The molecular formula is C13H18F3NO. The molecule has 0 saturated heterocycles. The molecule has 0 spiro atoms. The zero-order valence-electron chi connectivity index (χ0n) is 10.5. The van der Waals surface area contributed by atoms with E-state index in [4.69, 9.17) is 10.5 Å². The molecule has 0 fully saturated rings. The first-order chi connectivity index (χ1) is 8.40. The molecule has 0 aliphatic carbocycles. The van der Waals surface area contributed by atoms with Crippen LogP contribution in [0.1, 0.15) is 36.9 Å². The van der Waals surface area contributed by atoms with E-state index in [9.17, 15) is 13.2 Å². The highest BCUT2D eigenvalue weighted by molar-refractivity contribution is 5.27. The summed E-state index contributed by atoms with van der Waals surface area (Å²) in [4.78, 5) is 0. The second-order valence-electron chi connectivity index (χ2n) is 4.21. The van der Waals surface area contributed by atoms with E-state index in [0.29, 0.717) is 5.56 Å². The number of halogens is 3. The van der Waals surface area contributed by atoms with Crippen molar-refractivity contribution >= 4 is 0 Å². The third kappa shape index (κ3) is 3.71. The number of rotatable bonds is 5. The molecule has 1 aromatic carbocycles. The molecule has 1 aromatic rings. The summed E-state index contributed by atoms with van der Waals surface area (Å²) in [7, 11) is 1.56. The normalized spacial score (nSPS) is 15.4. The van der Waals surface area contributed by atoms with Crippen LogP contribution < -0.4 is 5.73 Å². The fraction of sp³-hybridized carbons (Fsp3) is 0.538. The van der Waals surface area contributed by atoms with Crippen LogP contribution >= 0.6 is 0 Å². The lowest BCUT2D eigenvalue weighted by Crippen LogP contribution is -2.28. The molecule has 0 bridgehead atoms. The molecule has 2 atom stereocenters. The maximum Gasteiger partial charge on any atom is 0.416 e. The van der Waals surface area contributed by atoms with Gasteiger partial charge in [0.25, 0.3) is 0 Å². The van der Waals surface area contributed by atoms with E-state index in [1.54, 1.807) is 7.11 Å². The summed E-state index contributed by atoms with van der Waals surface area (Å²) < 4.78 is 42.5. The van der Waals surface area contributed by atoms with Crippen molar-refractivity contribution in [2.75, 3.05) is 7.11 Å². The number of benzene rings is 1. The standard InChI is InChI=1S/C13H18F3NO/c1-3-4-11(18-2)12(17)9-5-7-10(8-6-9)13(14,15)16/h5-8,11-12H,3-4,17H2,1-2H3. The summed E-state index contributed by atoms with van der Waals surface area (Å²) >= 11 is 0. The van der Waals surface area contributed by atoms with Crippen molar-refractivity contribution in [3.63, 3.8) is 0 Å². The van der Waals surface area contributed by atoms with Crippen LogP contribution in [0.15, 0.2) is 24.3 Å². The van der Waals surface area contributed by atoms with Crippen LogP contribution in [0.25, 0.3) is 0 Å². The van der Waals surface area contributed by atoms with Crippen LogP contribution in [0.5, 0.6) is 0 Å². The van der Waals surface area contributed by atoms with E-state index in [2.05, 4.69) is 0 Å². The highest BCUT2D eigenvalue weighted by atomic mass is 19.4. The number of hydrogen-bond acceptors (Lipinski definition) is 2. The van der Waals surface area contributed by atoms with Crippen LogP contribution in [0.2, 0.25) is 0 Å². The van der Waals surface area contributed by atoms with Gasteiger partial charge in [0, 0.05) is 7.11 Å². The van der Waals surface area contributed by atoms with Crippen molar-refractivity contribution < 1.29 is 17.9 Å². The average molecular weight is 261 g/mol. The van der Waals surface area contributed by atoms with Gasteiger partial charge in [0.05, 0.1) is 17.7 Å². The molecular weight excluding hydrogens is 243 g/mol. The lowest BCUT2D eigenvalue weighted by atomic mass is 9.98. The fourth-order valence-electron chi connectivity index (χ4n) is 1.84. The first-order valence-corrected chi connectivity index (χ1v) is 5.85. The lowest BCUT2D eigenvalue weighted by Gasteiger charge is -2.22. The number of methoxy groups -OCH3 is 1. The summed E-state index contributed by atoms with van der Waals surface area (Å²) in [5.41, 5.74) is 5.98. The molecule has 18 heavy (non-hydrogen) atoms. The minimum Gasteiger partial charge on any atom is -0.379 e. The van der Waals surface area contributed by atoms with Crippen molar-refractivity contribution in [3.8, 4) is 0 Å². The Labute approximate surface area is 105 Å². The molecule has 0 saturated carbocycles. The number of hydrogen-bond donors (Lipinski definition) is 1. The summed E-state index contributed by atoms with van der Waals surface area (Å²) in [5, 5.41) is 0. The largest absolute Gasteiger partial charge is 0.416 e. The van der Waals surface area contributed by atoms with Gasteiger partial charge in [-0.2, -0.15) is 13.2 Å². The summed E-state index contributed by atoms with van der Waals surface area (Å²) in [6.45, 7) is 2.01. The monoisotopic (exact) mass is 261 g/mol. The van der Waals surface area contributed by atoms with E-state index in [0.717, 1.165) is 25.0 Å². The Hall–Kier alpha value is -1.07. The van der Waals surface area contributed by atoms with Crippen LogP contribution in [0, 0.1) is 0 Å². The minimum absolute atomic E-state index is 0.174. The van der Waals surface area contributed by atoms with Gasteiger partial charge in [-0.3, -0.25) is 0 Å². The molecule has 102 valence electrons. The van der Waals surface area contributed by atoms with Gasteiger partial charge >= 0.3 is 6.18 Å². The van der Waals surface area contributed by atoms with Gasteiger partial charge in [0.15, 0.2) is 0 Å². The molecule has 2 nitrogen and oxygen atoms in total. The Morgan fingerprint density at radius 2 is 1.78 bits per heavy atom. The van der Waals surface area contributed by atoms with Gasteiger partial charge in [-0.05, 0) is 24.1 Å². The van der Waals surface area contributed by atoms with Crippen LogP contribution in [-0.2, 0) is 10.9 Å². The van der Waals surface area contributed by atoms with E-state index in [1.165, 1.54) is 12.1 Å². The number of alkyl halides is 3. The van der Waals surface area contributed by atoms with Gasteiger partial charge in [-0.15, -0.1) is 0 Å². The predicted octanol–water partition coefficient (Wildman–Crippen LogP) is 3.52. The zero-order valence-corrected chi connectivity index (χ0v) is 10.5. The molecule has 1 rings (SSSR count). The van der Waals surface area contributed by atoms with Crippen LogP contribution in [0.4, 0.5) is 13.2 Å². The van der Waals surface area contributed by atoms with Crippen LogP contribution in [-0.4, -0.2) is 13.2 Å². The molecule has 0 heterocycles. The van der Waals surface area contributed by atoms with Crippen molar-refractivity contribution in [1.82, 2.24) is 0 Å². The maximum absolute atomic E-state index is 12.4. The second-order valence-corrected chi connectivity index (χ2v) is 4.21. The minimum atomic E-state index is -4.31. The highest BCUT2D eigenvalue weighted by Gasteiger charge is 2.30. The van der Waals surface area contributed by atoms with Gasteiger partial charge in [0.2, 0.25) is 0 Å². The van der Waals surface area contributed by atoms with E-state index in [-0.39, 0.29) is 6.10 Å². The predicted molar refractivity (Wildman–Crippen MR) is 64.1 cm³/mol. The smallest absolute Gasteiger partial charge is 0.379 e. The van der Waals surface area contributed by atoms with E-state index < -0.39 is 17.8 Å². The van der Waals surface area contributed by atoms with E-state index in [1.807, 2.05) is 6.92 Å². The SMILES string of the molecule is CCCC(OC)C(N)c1ccc(C(F)(F)F)cc1. The molecule has 2 N–H and O–H groups in total. The van der Waals surface area contributed by atoms with Gasteiger partial charge in [-0.1, -0.05) is 25.5 Å². The van der Waals surface area contributed by atoms with E-state index >= 15 is 0 Å². The Morgan fingerprint density at radius 3 is 2.17 bits per heavy atom. The van der Waals surface area contributed by atoms with Crippen molar-refractivity contribution in [1.29, 1.82) is 0 Å². The summed E-state index contributed by atoms with van der Waals surface area (Å²) in [5.74, 6) is 0. The third-order valence-electron chi connectivity index (χ3n) is 2.90. The summed E-state index contributed by atoms with van der Waals surface area (Å²) in [6.07, 6.45) is -2.80. The van der Waals surface area contributed by atoms with Crippen molar-refractivity contribution in [2.45, 2.75) is 38.1 Å². The molecule has 0 amide bonds. The topological polar surface area (TPSA) is 35.2 Å². The quantitative estimate of drug-likeness (QED) is 0.880. The first kappa shape index (κ1) is 15.0. The lowest BCUT2D eigenvalue weighted by molar-refractivity contribution is -0.137. The fourth-order valence-corrected chi connectivity index (χ4v) is 1.84. The average Bonchev–Trinajstić information content (AvgIpc) is 2.34. The first-order valence-electron chi connectivity index (χ1n) is 5.85. The van der Waals surface area contributed by atoms with Crippen molar-refractivity contribution in [2.24, 2.45) is 5.73 Å². The maximum atomic E-state index is 12.4. The molecule has 0 aliphatic rings. The Kier molecular flexibility index (Phi) is 5.16. The zero-order chi connectivity index (χ0) is 13.8. The van der Waals surface area contributed by atoms with Gasteiger partial charge in [-0.25, -0.2) is 0 Å². The van der Waals surface area contributed by atoms with Crippen LogP contribution in [0.3, 0.4) is 0 Å². The molecule has 2 unspecified atom stereocenters. The Morgan fingerprint density at radius 1 is 1.22 bits per heavy atom. The third-order valence-corrected chi connectivity index (χ3v) is 2.90. The highest BCUT2D eigenvalue weighted by Crippen LogP contribution is 2.30. The van der Waals surface area contributed by atoms with Crippen molar-refractivity contribution in [3.05, 3.63) is 35.4 Å².